The topological polar surface area (TPSA) is 72.8 Å². The van der Waals surface area contributed by atoms with E-state index in [9.17, 15) is 13.5 Å². The summed E-state index contributed by atoms with van der Waals surface area (Å²) >= 11 is 0. The van der Waals surface area contributed by atoms with E-state index in [1.54, 1.807) is 19.9 Å². The van der Waals surface area contributed by atoms with Crippen molar-refractivity contribution in [3.05, 3.63) is 77.4 Å². The highest BCUT2D eigenvalue weighted by atomic mass is 32.2. The van der Waals surface area contributed by atoms with Gasteiger partial charge in [-0.3, -0.25) is 0 Å². The first kappa shape index (κ1) is 19.8. The number of rotatable bonds is 6. The number of sulfone groups is 1. The minimum Gasteiger partial charge on any atom is -0.507 e. The average molecular weight is 398 g/mol. The molecule has 0 heterocycles. The van der Waals surface area contributed by atoms with Gasteiger partial charge < -0.3 is 14.6 Å². The molecule has 0 spiro atoms. The van der Waals surface area contributed by atoms with E-state index in [1.165, 1.54) is 31.4 Å². The fourth-order valence-electron chi connectivity index (χ4n) is 2.88. The summed E-state index contributed by atoms with van der Waals surface area (Å²) in [6.07, 6.45) is 0. The molecule has 0 amide bonds. The second-order valence-corrected chi connectivity index (χ2v) is 8.45. The van der Waals surface area contributed by atoms with Crippen molar-refractivity contribution in [1.82, 2.24) is 0 Å². The Morgan fingerprint density at radius 1 is 0.857 bits per heavy atom. The van der Waals surface area contributed by atoms with E-state index >= 15 is 0 Å². The van der Waals surface area contributed by atoms with Gasteiger partial charge in [-0.15, -0.1) is 0 Å². The minimum absolute atomic E-state index is 0.0981. The normalized spacial score (nSPS) is 11.2. The highest BCUT2D eigenvalue weighted by molar-refractivity contribution is 7.91. The van der Waals surface area contributed by atoms with Crippen molar-refractivity contribution in [3.8, 4) is 17.2 Å². The molecule has 6 heteroatoms. The molecule has 0 unspecified atom stereocenters. The van der Waals surface area contributed by atoms with E-state index in [2.05, 4.69) is 0 Å². The molecule has 146 valence electrons. The number of aromatic hydroxyl groups is 1. The zero-order chi connectivity index (χ0) is 20.3. The van der Waals surface area contributed by atoms with Gasteiger partial charge in [0.15, 0.2) is 11.5 Å². The van der Waals surface area contributed by atoms with Gasteiger partial charge in [-0.25, -0.2) is 8.42 Å². The second kappa shape index (κ2) is 7.94. The highest BCUT2D eigenvalue weighted by Crippen LogP contribution is 2.34. The van der Waals surface area contributed by atoms with Crippen molar-refractivity contribution in [2.24, 2.45) is 0 Å². The minimum atomic E-state index is -3.76. The molecule has 0 saturated carbocycles. The molecule has 0 fully saturated rings. The third-order valence-electron chi connectivity index (χ3n) is 4.46. The molecule has 1 N–H and O–H groups in total. The first-order chi connectivity index (χ1) is 13.3. The van der Waals surface area contributed by atoms with Crippen molar-refractivity contribution in [2.75, 3.05) is 7.11 Å². The fraction of sp³-hybridized carbons (Fsp3) is 0.182. The van der Waals surface area contributed by atoms with Crippen LogP contribution in [0.1, 0.15) is 16.7 Å². The van der Waals surface area contributed by atoms with Crippen LogP contribution < -0.4 is 9.47 Å². The van der Waals surface area contributed by atoms with Gasteiger partial charge in [-0.1, -0.05) is 30.3 Å². The lowest BCUT2D eigenvalue weighted by atomic mass is 10.1. The molecule has 0 atom stereocenters. The van der Waals surface area contributed by atoms with E-state index in [0.29, 0.717) is 29.2 Å². The summed E-state index contributed by atoms with van der Waals surface area (Å²) in [7, 11) is -2.30. The molecule has 0 aliphatic heterocycles. The molecule has 3 aromatic carbocycles. The van der Waals surface area contributed by atoms with Gasteiger partial charge in [0.05, 0.1) is 16.9 Å². The molecule has 3 rings (SSSR count). The molecule has 5 nitrogen and oxygen atoms in total. The standard InChI is InChI=1S/C22H22O5S/c1-15-11-19(12-16(2)22(15)23)28(24,25)18-9-10-20(21(13-18)26-3)27-14-17-7-5-4-6-8-17/h4-13,23H,14H2,1-3H3. The molecule has 0 aromatic heterocycles. The summed E-state index contributed by atoms with van der Waals surface area (Å²) in [5.74, 6) is 0.897. The SMILES string of the molecule is COc1cc(S(=O)(=O)c2cc(C)c(O)c(C)c2)ccc1OCc1ccccc1. The molecular formula is C22H22O5S. The number of ether oxygens (including phenoxy) is 2. The predicted molar refractivity (Wildman–Crippen MR) is 107 cm³/mol. The molecule has 28 heavy (non-hydrogen) atoms. The highest BCUT2D eigenvalue weighted by Gasteiger charge is 2.21. The Hall–Kier alpha value is -2.99. The fourth-order valence-corrected chi connectivity index (χ4v) is 4.32. The maximum Gasteiger partial charge on any atom is 0.206 e. The van der Waals surface area contributed by atoms with Gasteiger partial charge in [-0.2, -0.15) is 0 Å². The Labute approximate surface area is 165 Å². The van der Waals surface area contributed by atoms with Crippen molar-refractivity contribution in [2.45, 2.75) is 30.2 Å². The number of benzene rings is 3. The van der Waals surface area contributed by atoms with Crippen LogP contribution in [0, 0.1) is 13.8 Å². The maximum atomic E-state index is 13.0. The number of hydrogen-bond acceptors (Lipinski definition) is 5. The van der Waals surface area contributed by atoms with Crippen molar-refractivity contribution >= 4 is 9.84 Å². The lowest BCUT2D eigenvalue weighted by Gasteiger charge is -2.13. The maximum absolute atomic E-state index is 13.0. The molecule has 0 radical (unpaired) electrons. The van der Waals surface area contributed by atoms with Crippen molar-refractivity contribution in [1.29, 1.82) is 0 Å². The second-order valence-electron chi connectivity index (χ2n) is 6.50. The van der Waals surface area contributed by atoms with Crippen LogP contribution in [0.25, 0.3) is 0 Å². The van der Waals surface area contributed by atoms with E-state index in [1.807, 2.05) is 30.3 Å². The summed E-state index contributed by atoms with van der Waals surface area (Å²) in [4.78, 5) is 0.223. The molecular weight excluding hydrogens is 376 g/mol. The zero-order valence-corrected chi connectivity index (χ0v) is 16.8. The van der Waals surface area contributed by atoms with E-state index < -0.39 is 9.84 Å². The van der Waals surface area contributed by atoms with E-state index in [0.717, 1.165) is 5.56 Å². The molecule has 0 saturated heterocycles. The average Bonchev–Trinajstić information content (AvgIpc) is 2.70. The Morgan fingerprint density at radius 3 is 2.11 bits per heavy atom. The number of phenols is 1. The monoisotopic (exact) mass is 398 g/mol. The Balaban J connectivity index is 1.92. The van der Waals surface area contributed by atoms with Gasteiger partial charge >= 0.3 is 0 Å². The summed E-state index contributed by atoms with van der Waals surface area (Å²) in [5.41, 5.74) is 2.01. The van der Waals surface area contributed by atoms with Gasteiger partial charge in [-0.05, 0) is 54.8 Å². The Morgan fingerprint density at radius 2 is 1.50 bits per heavy atom. The van der Waals surface area contributed by atoms with Crippen LogP contribution >= 0.6 is 0 Å². The molecule has 0 aliphatic rings. The quantitative estimate of drug-likeness (QED) is 0.665. The number of methoxy groups -OCH3 is 1. The van der Waals surface area contributed by atoms with Crippen LogP contribution in [0.4, 0.5) is 0 Å². The summed E-state index contributed by atoms with van der Waals surface area (Å²) in [6.45, 7) is 3.69. The van der Waals surface area contributed by atoms with Gasteiger partial charge in [0, 0.05) is 6.07 Å². The van der Waals surface area contributed by atoms with Crippen molar-refractivity contribution in [3.63, 3.8) is 0 Å². The van der Waals surface area contributed by atoms with E-state index in [4.69, 9.17) is 9.47 Å². The van der Waals surface area contributed by atoms with Crippen LogP contribution in [0.3, 0.4) is 0 Å². The molecule has 0 bridgehead atoms. The van der Waals surface area contributed by atoms with Gasteiger partial charge in [0.25, 0.3) is 0 Å². The third-order valence-corrected chi connectivity index (χ3v) is 6.19. The Kier molecular flexibility index (Phi) is 5.61. The van der Waals surface area contributed by atoms with Crippen molar-refractivity contribution < 1.29 is 23.0 Å². The predicted octanol–water partition coefficient (Wildman–Crippen LogP) is 4.43. The lowest BCUT2D eigenvalue weighted by molar-refractivity contribution is 0.284. The Bertz CT molecular complexity index is 1070. The summed E-state index contributed by atoms with van der Waals surface area (Å²) in [5, 5.41) is 9.91. The first-order valence-electron chi connectivity index (χ1n) is 8.73. The van der Waals surface area contributed by atoms with Crippen LogP contribution in [-0.4, -0.2) is 20.6 Å². The summed E-state index contributed by atoms with van der Waals surface area (Å²) in [6, 6.07) is 17.1. The van der Waals surface area contributed by atoms with Crippen LogP contribution in [-0.2, 0) is 16.4 Å². The van der Waals surface area contributed by atoms with E-state index in [-0.39, 0.29) is 15.5 Å². The largest absolute Gasteiger partial charge is 0.507 e. The van der Waals surface area contributed by atoms with Crippen LogP contribution in [0.2, 0.25) is 0 Å². The van der Waals surface area contributed by atoms with Crippen LogP contribution in [0.15, 0.2) is 70.5 Å². The first-order valence-corrected chi connectivity index (χ1v) is 10.2. The van der Waals surface area contributed by atoms with Gasteiger partial charge in [0.1, 0.15) is 12.4 Å². The van der Waals surface area contributed by atoms with Gasteiger partial charge in [0.2, 0.25) is 9.84 Å². The number of phenolic OH excluding ortho intramolecular Hbond substituents is 1. The number of hydrogen-bond donors (Lipinski definition) is 1. The molecule has 0 aliphatic carbocycles. The molecule has 3 aromatic rings. The summed E-state index contributed by atoms with van der Waals surface area (Å²) < 4.78 is 37.2. The number of aryl methyl sites for hydroxylation is 2. The third kappa shape index (κ3) is 3.97. The van der Waals surface area contributed by atoms with Crippen LogP contribution in [0.5, 0.6) is 17.2 Å². The lowest BCUT2D eigenvalue weighted by Crippen LogP contribution is -2.05. The zero-order valence-electron chi connectivity index (χ0n) is 16.0. The smallest absolute Gasteiger partial charge is 0.206 e.